The summed E-state index contributed by atoms with van der Waals surface area (Å²) >= 11 is 0. The molecule has 1 aliphatic heterocycles. The lowest BCUT2D eigenvalue weighted by atomic mass is 9.94. The van der Waals surface area contributed by atoms with Crippen molar-refractivity contribution in [2.45, 2.75) is 70.2 Å². The molecule has 0 bridgehead atoms. The van der Waals surface area contributed by atoms with Gasteiger partial charge in [0.2, 0.25) is 21.8 Å². The molecule has 180 valence electrons. The van der Waals surface area contributed by atoms with E-state index in [1.54, 1.807) is 12.1 Å². The predicted octanol–water partition coefficient (Wildman–Crippen LogP) is 3.02. The molecular weight excluding hydrogens is 444 g/mol. The van der Waals surface area contributed by atoms with Crippen LogP contribution in [-0.2, 0) is 25.8 Å². The van der Waals surface area contributed by atoms with Gasteiger partial charge in [-0.2, -0.15) is 9.29 Å². The molecule has 0 spiro atoms. The Kier molecular flexibility index (Phi) is 6.82. The maximum atomic E-state index is 13.0. The van der Waals surface area contributed by atoms with E-state index in [1.807, 2.05) is 34.6 Å². The molecule has 1 aliphatic rings. The molecule has 0 radical (unpaired) electrons. The number of hydrogen-bond acceptors (Lipinski definition) is 7. The van der Waals surface area contributed by atoms with Crippen LogP contribution in [-0.4, -0.2) is 47.6 Å². The van der Waals surface area contributed by atoms with Crippen molar-refractivity contribution in [2.24, 2.45) is 5.92 Å². The van der Waals surface area contributed by atoms with Gasteiger partial charge < -0.3 is 9.84 Å². The number of piperidine rings is 1. The molecule has 2 aromatic rings. The van der Waals surface area contributed by atoms with Crippen LogP contribution in [0.3, 0.4) is 0 Å². The van der Waals surface area contributed by atoms with Crippen LogP contribution in [0.2, 0.25) is 0 Å². The summed E-state index contributed by atoms with van der Waals surface area (Å²) in [5, 5.41) is 7.02. The highest BCUT2D eigenvalue weighted by Gasteiger charge is 2.36. The Morgan fingerprint density at radius 3 is 2.30 bits per heavy atom. The number of sulfonamides is 1. The van der Waals surface area contributed by atoms with Crippen molar-refractivity contribution >= 4 is 21.7 Å². The van der Waals surface area contributed by atoms with Crippen molar-refractivity contribution in [3.63, 3.8) is 0 Å². The number of hydrogen-bond donors (Lipinski definition) is 1. The summed E-state index contributed by atoms with van der Waals surface area (Å²) in [5.74, 6) is 0.200. The molecule has 0 atom stereocenters. The highest BCUT2D eigenvalue weighted by molar-refractivity contribution is 7.89. The molecule has 1 saturated heterocycles. The zero-order valence-corrected chi connectivity index (χ0v) is 20.8. The first-order valence-electron chi connectivity index (χ1n) is 11.0. The molecule has 9 nitrogen and oxygen atoms in total. The number of ketones is 1. The summed E-state index contributed by atoms with van der Waals surface area (Å²) in [4.78, 5) is 29.1. The number of carbonyl (C=O) groups is 2. The number of Topliss-reactive ketones (excluding diaryl/α,β-unsaturated/α-hetero) is 1. The molecule has 0 saturated carbocycles. The highest BCUT2D eigenvalue weighted by Crippen LogP contribution is 2.27. The molecule has 1 fully saturated rings. The van der Waals surface area contributed by atoms with E-state index in [9.17, 15) is 18.0 Å². The summed E-state index contributed by atoms with van der Waals surface area (Å²) in [6.45, 7) is 11.4. The van der Waals surface area contributed by atoms with Crippen molar-refractivity contribution in [1.29, 1.82) is 0 Å². The maximum absolute atomic E-state index is 13.0. The van der Waals surface area contributed by atoms with Crippen molar-refractivity contribution in [3.8, 4) is 0 Å². The van der Waals surface area contributed by atoms with Gasteiger partial charge in [-0.15, -0.1) is 0 Å². The highest BCUT2D eigenvalue weighted by atomic mass is 32.2. The third kappa shape index (κ3) is 5.50. The lowest BCUT2D eigenvalue weighted by Crippen LogP contribution is -2.48. The number of amides is 1. The zero-order valence-electron chi connectivity index (χ0n) is 20.0. The largest absolute Gasteiger partial charge is 0.344 e. The molecule has 1 aromatic heterocycles. The van der Waals surface area contributed by atoms with Crippen LogP contribution in [0, 0.1) is 5.92 Å². The third-order valence-electron chi connectivity index (χ3n) is 5.77. The van der Waals surface area contributed by atoms with E-state index < -0.39 is 15.6 Å². The van der Waals surface area contributed by atoms with Gasteiger partial charge in [-0.3, -0.25) is 9.59 Å². The molecule has 2 heterocycles. The number of nitrogens with zero attached hydrogens (tertiary/aromatic N) is 3. The molecule has 33 heavy (non-hydrogen) atoms. The Balaban J connectivity index is 1.64. The fraction of sp³-hybridized carbons (Fsp3) is 0.565. The van der Waals surface area contributed by atoms with E-state index in [-0.39, 0.29) is 41.0 Å². The first-order valence-corrected chi connectivity index (χ1v) is 12.4. The lowest BCUT2D eigenvalue weighted by Gasteiger charge is -2.32. The molecule has 3 rings (SSSR count). The monoisotopic (exact) mass is 476 g/mol. The SMILES string of the molecule is CC(=O)c1cccc(S(=O)(=O)N2CCC(C(=O)NC(C)(C)c3noc(C(C)(C)C)n3)CC2)c1. The molecule has 1 amide bonds. The van der Waals surface area contributed by atoms with Crippen LogP contribution >= 0.6 is 0 Å². The van der Waals surface area contributed by atoms with Crippen LogP contribution in [0.5, 0.6) is 0 Å². The standard InChI is InChI=1S/C23H32N4O5S/c1-15(28)17-8-7-9-18(14-17)33(30,31)27-12-10-16(11-13-27)19(29)25-23(5,6)20-24-21(32-26-20)22(2,3)4/h7-9,14,16H,10-13H2,1-6H3,(H,25,29). The van der Waals surface area contributed by atoms with Crippen LogP contribution in [0.25, 0.3) is 0 Å². The molecule has 1 N–H and O–H groups in total. The molecular formula is C23H32N4O5S. The quantitative estimate of drug-likeness (QED) is 0.636. The minimum atomic E-state index is -3.74. The first-order chi connectivity index (χ1) is 15.2. The Morgan fingerprint density at radius 1 is 1.12 bits per heavy atom. The Bertz CT molecular complexity index is 1140. The minimum absolute atomic E-state index is 0.0889. The van der Waals surface area contributed by atoms with Crippen LogP contribution in [0.15, 0.2) is 33.7 Å². The lowest BCUT2D eigenvalue weighted by molar-refractivity contribution is -0.128. The van der Waals surface area contributed by atoms with E-state index in [0.29, 0.717) is 30.1 Å². The maximum Gasteiger partial charge on any atom is 0.243 e. The van der Waals surface area contributed by atoms with Crippen molar-refractivity contribution < 1.29 is 22.5 Å². The number of benzene rings is 1. The van der Waals surface area contributed by atoms with Crippen molar-refractivity contribution in [2.75, 3.05) is 13.1 Å². The molecule has 10 heteroatoms. The van der Waals surface area contributed by atoms with Gasteiger partial charge in [0.25, 0.3) is 0 Å². The molecule has 1 aromatic carbocycles. The van der Waals surface area contributed by atoms with E-state index >= 15 is 0 Å². The first kappa shape index (κ1) is 25.0. The fourth-order valence-electron chi connectivity index (χ4n) is 3.63. The Morgan fingerprint density at radius 2 is 1.76 bits per heavy atom. The van der Waals surface area contributed by atoms with Gasteiger partial charge in [-0.05, 0) is 45.7 Å². The second-order valence-electron chi connectivity index (χ2n) is 10.0. The number of nitrogens with one attached hydrogen (secondary N) is 1. The van der Waals surface area contributed by atoms with E-state index in [2.05, 4.69) is 15.5 Å². The number of aromatic nitrogens is 2. The Hall–Kier alpha value is -2.59. The fourth-order valence-corrected chi connectivity index (χ4v) is 5.15. The normalized spacial score (nSPS) is 16.5. The van der Waals surface area contributed by atoms with Gasteiger partial charge in [-0.25, -0.2) is 8.42 Å². The summed E-state index contributed by atoms with van der Waals surface area (Å²) in [6, 6.07) is 6.04. The average Bonchev–Trinajstić information content (AvgIpc) is 3.26. The minimum Gasteiger partial charge on any atom is -0.344 e. The summed E-state index contributed by atoms with van der Waals surface area (Å²) in [5.41, 5.74) is -0.780. The van der Waals surface area contributed by atoms with E-state index in [4.69, 9.17) is 4.52 Å². The van der Waals surface area contributed by atoms with Crippen molar-refractivity contribution in [1.82, 2.24) is 19.8 Å². The van der Waals surface area contributed by atoms with Crippen LogP contribution in [0.1, 0.15) is 76.5 Å². The second-order valence-corrected chi connectivity index (χ2v) is 12.0. The van der Waals surface area contributed by atoms with Gasteiger partial charge in [-0.1, -0.05) is 38.1 Å². The molecule has 0 unspecified atom stereocenters. The molecule has 0 aliphatic carbocycles. The number of carbonyl (C=O) groups excluding carboxylic acids is 2. The van der Waals surface area contributed by atoms with E-state index in [1.165, 1.54) is 23.4 Å². The predicted molar refractivity (Wildman–Crippen MR) is 122 cm³/mol. The third-order valence-corrected chi connectivity index (χ3v) is 7.66. The van der Waals surface area contributed by atoms with Gasteiger partial charge in [0.1, 0.15) is 0 Å². The topological polar surface area (TPSA) is 122 Å². The summed E-state index contributed by atoms with van der Waals surface area (Å²) < 4.78 is 32.8. The Labute approximate surface area is 195 Å². The van der Waals surface area contributed by atoms with Crippen molar-refractivity contribution in [3.05, 3.63) is 41.5 Å². The van der Waals surface area contributed by atoms with Crippen LogP contribution < -0.4 is 5.32 Å². The van der Waals surface area contributed by atoms with Crippen LogP contribution in [0.4, 0.5) is 0 Å². The summed E-state index contributed by atoms with van der Waals surface area (Å²) in [6.07, 6.45) is 0.792. The summed E-state index contributed by atoms with van der Waals surface area (Å²) in [7, 11) is -3.74. The smallest absolute Gasteiger partial charge is 0.243 e. The zero-order chi connectivity index (χ0) is 24.6. The van der Waals surface area contributed by atoms with Gasteiger partial charge >= 0.3 is 0 Å². The number of rotatable bonds is 6. The second kappa shape index (κ2) is 8.98. The van der Waals surface area contributed by atoms with Gasteiger partial charge in [0.15, 0.2) is 11.6 Å². The average molecular weight is 477 g/mol. The van der Waals surface area contributed by atoms with Gasteiger partial charge in [0, 0.05) is 30.0 Å². The van der Waals surface area contributed by atoms with Gasteiger partial charge in [0.05, 0.1) is 10.4 Å². The van der Waals surface area contributed by atoms with E-state index in [0.717, 1.165) is 0 Å².